The Labute approximate surface area is 199 Å². The van der Waals surface area contributed by atoms with Crippen molar-refractivity contribution in [3.8, 4) is 28.6 Å². The van der Waals surface area contributed by atoms with Gasteiger partial charge in [-0.2, -0.15) is 5.10 Å². The Morgan fingerprint density at radius 1 is 0.853 bits per heavy atom. The number of benzene rings is 1. The lowest BCUT2D eigenvalue weighted by molar-refractivity contribution is 0.482. The lowest BCUT2D eigenvalue weighted by atomic mass is 9.87. The van der Waals surface area contributed by atoms with Crippen molar-refractivity contribution in [2.45, 2.75) is 47.0 Å². The number of imidazole rings is 1. The van der Waals surface area contributed by atoms with E-state index in [1.165, 1.54) is 5.56 Å². The van der Waals surface area contributed by atoms with Crippen LogP contribution in [0.4, 0.5) is 0 Å². The SMILES string of the molecule is Cc1nc2cc(Oc3cccc(-n4nccc4C)c3)cc(-c3cc(C(C)(C)C)ccn3)n2c1C. The van der Waals surface area contributed by atoms with Gasteiger partial charge in [-0.1, -0.05) is 26.8 Å². The molecular formula is C28H29N5O. The van der Waals surface area contributed by atoms with Gasteiger partial charge in [0.15, 0.2) is 0 Å². The van der Waals surface area contributed by atoms with E-state index in [0.717, 1.165) is 45.6 Å². The number of aromatic nitrogens is 5. The summed E-state index contributed by atoms with van der Waals surface area (Å²) in [5.74, 6) is 1.45. The quantitative estimate of drug-likeness (QED) is 0.309. The first-order chi connectivity index (χ1) is 16.2. The van der Waals surface area contributed by atoms with Gasteiger partial charge in [-0.15, -0.1) is 0 Å². The molecule has 0 N–H and O–H groups in total. The van der Waals surface area contributed by atoms with E-state index in [-0.39, 0.29) is 5.41 Å². The van der Waals surface area contributed by atoms with Crippen LogP contribution in [0.5, 0.6) is 11.5 Å². The molecule has 4 aromatic heterocycles. The zero-order chi connectivity index (χ0) is 24.0. The Hall–Kier alpha value is -3.93. The van der Waals surface area contributed by atoms with Crippen LogP contribution in [-0.2, 0) is 5.41 Å². The van der Waals surface area contributed by atoms with Crippen LogP contribution in [0.2, 0.25) is 0 Å². The van der Waals surface area contributed by atoms with Gasteiger partial charge in [0.25, 0.3) is 0 Å². The second-order valence-electron chi connectivity index (χ2n) is 9.72. The van der Waals surface area contributed by atoms with Crippen molar-refractivity contribution in [1.29, 1.82) is 0 Å². The van der Waals surface area contributed by atoms with E-state index < -0.39 is 0 Å². The molecule has 34 heavy (non-hydrogen) atoms. The van der Waals surface area contributed by atoms with Crippen molar-refractivity contribution < 1.29 is 4.74 Å². The summed E-state index contributed by atoms with van der Waals surface area (Å²) in [7, 11) is 0. The normalized spacial score (nSPS) is 11.8. The van der Waals surface area contributed by atoms with Gasteiger partial charge in [-0.25, -0.2) is 9.67 Å². The van der Waals surface area contributed by atoms with Crippen molar-refractivity contribution in [3.63, 3.8) is 0 Å². The van der Waals surface area contributed by atoms with E-state index in [2.05, 4.69) is 49.3 Å². The van der Waals surface area contributed by atoms with E-state index in [1.54, 1.807) is 6.20 Å². The molecule has 6 heteroatoms. The minimum atomic E-state index is 0.0237. The summed E-state index contributed by atoms with van der Waals surface area (Å²) in [6.45, 7) is 12.8. The predicted octanol–water partition coefficient (Wildman–Crippen LogP) is 6.60. The van der Waals surface area contributed by atoms with Crippen LogP contribution in [0.15, 0.2) is 67.0 Å². The summed E-state index contributed by atoms with van der Waals surface area (Å²) in [6, 6.07) is 18.2. The first-order valence-electron chi connectivity index (χ1n) is 11.5. The molecule has 5 aromatic rings. The van der Waals surface area contributed by atoms with Crippen LogP contribution in [0.1, 0.15) is 43.4 Å². The van der Waals surface area contributed by atoms with Gasteiger partial charge in [0.05, 0.1) is 22.8 Å². The van der Waals surface area contributed by atoms with E-state index in [9.17, 15) is 0 Å². The molecule has 0 fully saturated rings. The van der Waals surface area contributed by atoms with Crippen LogP contribution < -0.4 is 4.74 Å². The van der Waals surface area contributed by atoms with Crippen LogP contribution in [-0.4, -0.2) is 24.1 Å². The lowest BCUT2D eigenvalue weighted by Gasteiger charge is -2.20. The van der Waals surface area contributed by atoms with E-state index in [0.29, 0.717) is 5.75 Å². The summed E-state index contributed by atoms with van der Waals surface area (Å²) in [4.78, 5) is 9.50. The molecule has 0 spiro atoms. The Balaban J connectivity index is 1.61. The molecule has 6 nitrogen and oxygen atoms in total. The van der Waals surface area contributed by atoms with Crippen LogP contribution in [0, 0.1) is 20.8 Å². The average molecular weight is 452 g/mol. The summed E-state index contributed by atoms with van der Waals surface area (Å²) in [6.07, 6.45) is 3.68. The minimum absolute atomic E-state index is 0.0237. The number of ether oxygens (including phenoxy) is 1. The highest BCUT2D eigenvalue weighted by atomic mass is 16.5. The van der Waals surface area contributed by atoms with Crippen molar-refractivity contribution >= 4 is 5.65 Å². The molecule has 0 aliphatic heterocycles. The number of pyridine rings is 2. The Kier molecular flexibility index (Phi) is 5.24. The second-order valence-corrected chi connectivity index (χ2v) is 9.72. The van der Waals surface area contributed by atoms with Crippen molar-refractivity contribution in [3.05, 3.63) is 89.6 Å². The number of aryl methyl sites for hydroxylation is 3. The summed E-state index contributed by atoms with van der Waals surface area (Å²) in [5.41, 5.74) is 8.04. The number of fused-ring (bicyclic) bond motifs is 1. The fourth-order valence-electron chi connectivity index (χ4n) is 4.14. The highest BCUT2D eigenvalue weighted by molar-refractivity contribution is 5.66. The molecule has 4 heterocycles. The first kappa shape index (κ1) is 21.9. The van der Waals surface area contributed by atoms with Crippen LogP contribution in [0.25, 0.3) is 22.7 Å². The van der Waals surface area contributed by atoms with Gasteiger partial charge in [-0.3, -0.25) is 9.38 Å². The van der Waals surface area contributed by atoms with E-state index in [1.807, 2.05) is 67.2 Å². The fourth-order valence-corrected chi connectivity index (χ4v) is 4.14. The van der Waals surface area contributed by atoms with Crippen molar-refractivity contribution in [2.75, 3.05) is 0 Å². The molecule has 0 unspecified atom stereocenters. The van der Waals surface area contributed by atoms with E-state index in [4.69, 9.17) is 14.7 Å². The second kappa shape index (κ2) is 8.13. The first-order valence-corrected chi connectivity index (χ1v) is 11.5. The topological polar surface area (TPSA) is 57.2 Å². The highest BCUT2D eigenvalue weighted by Crippen LogP contribution is 2.33. The molecule has 172 valence electrons. The number of hydrogen-bond donors (Lipinski definition) is 0. The van der Waals surface area contributed by atoms with Gasteiger partial charge in [0.2, 0.25) is 0 Å². The lowest BCUT2D eigenvalue weighted by Crippen LogP contribution is -2.11. The van der Waals surface area contributed by atoms with Gasteiger partial charge >= 0.3 is 0 Å². The average Bonchev–Trinajstić information content (AvgIpc) is 3.35. The molecule has 0 atom stereocenters. The van der Waals surface area contributed by atoms with Crippen molar-refractivity contribution in [2.24, 2.45) is 0 Å². The molecule has 0 saturated carbocycles. The van der Waals surface area contributed by atoms with E-state index >= 15 is 0 Å². The van der Waals surface area contributed by atoms with Crippen molar-refractivity contribution in [1.82, 2.24) is 24.1 Å². The zero-order valence-corrected chi connectivity index (χ0v) is 20.5. The van der Waals surface area contributed by atoms with Gasteiger partial charge < -0.3 is 4.74 Å². The molecule has 0 aliphatic rings. The van der Waals surface area contributed by atoms with Gasteiger partial charge in [0.1, 0.15) is 17.1 Å². The smallest absolute Gasteiger partial charge is 0.141 e. The minimum Gasteiger partial charge on any atom is -0.457 e. The highest BCUT2D eigenvalue weighted by Gasteiger charge is 2.18. The third kappa shape index (κ3) is 3.96. The van der Waals surface area contributed by atoms with Crippen LogP contribution >= 0.6 is 0 Å². The number of hydrogen-bond acceptors (Lipinski definition) is 4. The maximum absolute atomic E-state index is 6.35. The third-order valence-corrected chi connectivity index (χ3v) is 6.18. The standard InChI is InChI=1S/C28H29N5O/c1-18-10-13-30-33(18)22-8-7-9-23(15-22)34-24-16-26(32-20(3)19(2)31-27(32)17-24)25-14-21(11-12-29-25)28(4,5)6/h7-17H,1-6H3. The third-order valence-electron chi connectivity index (χ3n) is 6.18. The summed E-state index contributed by atoms with van der Waals surface area (Å²) < 4.78 is 10.4. The molecule has 0 saturated heterocycles. The predicted molar refractivity (Wildman–Crippen MR) is 135 cm³/mol. The van der Waals surface area contributed by atoms with Gasteiger partial charge in [-0.05, 0) is 62.1 Å². The number of rotatable bonds is 4. The Morgan fingerprint density at radius 3 is 2.41 bits per heavy atom. The maximum Gasteiger partial charge on any atom is 0.141 e. The number of nitrogens with zero attached hydrogens (tertiary/aromatic N) is 5. The zero-order valence-electron chi connectivity index (χ0n) is 20.5. The maximum atomic E-state index is 6.35. The summed E-state index contributed by atoms with van der Waals surface area (Å²) >= 11 is 0. The largest absolute Gasteiger partial charge is 0.457 e. The fraction of sp³-hybridized carbons (Fsp3) is 0.250. The van der Waals surface area contributed by atoms with Gasteiger partial charge in [0, 0.05) is 42.0 Å². The Morgan fingerprint density at radius 2 is 1.68 bits per heavy atom. The molecule has 0 amide bonds. The molecule has 0 radical (unpaired) electrons. The monoisotopic (exact) mass is 451 g/mol. The molecule has 5 rings (SSSR count). The Bertz CT molecular complexity index is 1500. The molecule has 0 bridgehead atoms. The summed E-state index contributed by atoms with van der Waals surface area (Å²) in [5, 5.41) is 4.41. The molecule has 1 aromatic carbocycles. The molecule has 0 aliphatic carbocycles. The molecular weight excluding hydrogens is 422 g/mol. The van der Waals surface area contributed by atoms with Crippen LogP contribution in [0.3, 0.4) is 0 Å².